The molecule has 1 aromatic carbocycles. The van der Waals surface area contributed by atoms with Crippen LogP contribution in [0.5, 0.6) is 0 Å². The van der Waals surface area contributed by atoms with E-state index in [1.807, 2.05) is 20.8 Å². The number of carboxylic acid groups (broad SMARTS) is 1. The summed E-state index contributed by atoms with van der Waals surface area (Å²) in [5.41, 5.74) is 0.918. The summed E-state index contributed by atoms with van der Waals surface area (Å²) >= 11 is 0. The second-order valence-electron chi connectivity index (χ2n) is 5.26. The van der Waals surface area contributed by atoms with Crippen LogP contribution in [0.1, 0.15) is 49.5 Å². The minimum absolute atomic E-state index is 0.0621. The second kappa shape index (κ2) is 4.70. The van der Waals surface area contributed by atoms with Crippen LogP contribution in [0.2, 0.25) is 0 Å². The number of carbonyl (C=O) groups is 2. The minimum Gasteiger partial charge on any atom is -0.481 e. The SMILES string of the molecule is CC(C(=O)O)c1ccc(C(=O)C(C)(C)C)cc1. The molecule has 0 aromatic heterocycles. The van der Waals surface area contributed by atoms with Gasteiger partial charge in [0.15, 0.2) is 5.78 Å². The van der Waals surface area contributed by atoms with E-state index in [1.54, 1.807) is 31.2 Å². The third kappa shape index (κ3) is 3.16. The van der Waals surface area contributed by atoms with Crippen molar-refractivity contribution in [3.63, 3.8) is 0 Å². The molecule has 1 N–H and O–H groups in total. The van der Waals surface area contributed by atoms with E-state index in [0.29, 0.717) is 11.1 Å². The van der Waals surface area contributed by atoms with Crippen LogP contribution in [0.25, 0.3) is 0 Å². The summed E-state index contributed by atoms with van der Waals surface area (Å²) in [7, 11) is 0. The Morgan fingerprint density at radius 3 is 1.94 bits per heavy atom. The van der Waals surface area contributed by atoms with Gasteiger partial charge in [0.1, 0.15) is 0 Å². The lowest BCUT2D eigenvalue weighted by atomic mass is 9.86. The summed E-state index contributed by atoms with van der Waals surface area (Å²) in [4.78, 5) is 22.8. The maximum atomic E-state index is 12.0. The fourth-order valence-corrected chi connectivity index (χ4v) is 1.50. The largest absolute Gasteiger partial charge is 0.481 e. The Kier molecular flexibility index (Phi) is 3.71. The fraction of sp³-hybridized carbons (Fsp3) is 0.429. The topological polar surface area (TPSA) is 54.4 Å². The molecule has 1 rings (SSSR count). The molecular weight excluding hydrogens is 216 g/mol. The molecule has 1 aromatic rings. The monoisotopic (exact) mass is 234 g/mol. The Morgan fingerprint density at radius 1 is 1.12 bits per heavy atom. The third-order valence-electron chi connectivity index (χ3n) is 2.72. The molecule has 1 atom stereocenters. The Balaban J connectivity index is 2.97. The van der Waals surface area contributed by atoms with Crippen molar-refractivity contribution in [3.05, 3.63) is 35.4 Å². The molecule has 0 saturated heterocycles. The number of Topliss-reactive ketones (excluding diaryl/α,β-unsaturated/α-hetero) is 1. The Hall–Kier alpha value is -1.64. The molecule has 0 saturated carbocycles. The number of hydrogen-bond donors (Lipinski definition) is 1. The zero-order valence-corrected chi connectivity index (χ0v) is 10.7. The number of hydrogen-bond acceptors (Lipinski definition) is 2. The van der Waals surface area contributed by atoms with Gasteiger partial charge in [0.2, 0.25) is 0 Å². The smallest absolute Gasteiger partial charge is 0.310 e. The van der Waals surface area contributed by atoms with E-state index in [0.717, 1.165) is 0 Å². The van der Waals surface area contributed by atoms with Crippen molar-refractivity contribution >= 4 is 11.8 Å². The van der Waals surface area contributed by atoms with Gasteiger partial charge in [-0.3, -0.25) is 9.59 Å². The molecule has 92 valence electrons. The molecule has 0 aliphatic heterocycles. The van der Waals surface area contributed by atoms with Crippen LogP contribution in [0, 0.1) is 5.41 Å². The fourth-order valence-electron chi connectivity index (χ4n) is 1.50. The number of carbonyl (C=O) groups excluding carboxylic acids is 1. The number of benzene rings is 1. The van der Waals surface area contributed by atoms with E-state index >= 15 is 0 Å². The molecule has 3 heteroatoms. The van der Waals surface area contributed by atoms with E-state index in [2.05, 4.69) is 0 Å². The van der Waals surface area contributed by atoms with Crippen LogP contribution in [-0.4, -0.2) is 16.9 Å². The molecule has 1 unspecified atom stereocenters. The van der Waals surface area contributed by atoms with Crippen LogP contribution >= 0.6 is 0 Å². The lowest BCUT2D eigenvalue weighted by molar-refractivity contribution is -0.138. The molecule has 0 bridgehead atoms. The molecular formula is C14H18O3. The van der Waals surface area contributed by atoms with Crippen LogP contribution in [0.15, 0.2) is 24.3 Å². The summed E-state index contributed by atoms with van der Waals surface area (Å²) in [5, 5.41) is 8.88. The molecule has 17 heavy (non-hydrogen) atoms. The Bertz CT molecular complexity index is 424. The second-order valence-corrected chi connectivity index (χ2v) is 5.26. The van der Waals surface area contributed by atoms with E-state index in [4.69, 9.17) is 5.11 Å². The first-order valence-electron chi connectivity index (χ1n) is 5.61. The molecule has 0 aliphatic carbocycles. The van der Waals surface area contributed by atoms with Gasteiger partial charge in [-0.25, -0.2) is 0 Å². The van der Waals surface area contributed by atoms with Gasteiger partial charge < -0.3 is 5.11 Å². The van der Waals surface area contributed by atoms with Gasteiger partial charge in [-0.05, 0) is 12.5 Å². The standard InChI is InChI=1S/C14H18O3/c1-9(13(16)17)10-5-7-11(8-6-10)12(15)14(2,3)4/h5-9H,1-4H3,(H,16,17). The lowest BCUT2D eigenvalue weighted by Crippen LogP contribution is -2.20. The van der Waals surface area contributed by atoms with Gasteiger partial charge in [0.05, 0.1) is 5.92 Å². The molecule has 0 aliphatic rings. The lowest BCUT2D eigenvalue weighted by Gasteiger charge is -2.17. The van der Waals surface area contributed by atoms with Crippen molar-refractivity contribution in [1.82, 2.24) is 0 Å². The summed E-state index contributed by atoms with van der Waals surface area (Å²) in [6.07, 6.45) is 0. The zero-order chi connectivity index (χ0) is 13.2. The molecule has 0 fully saturated rings. The normalized spacial score (nSPS) is 13.2. The number of aliphatic carboxylic acids is 1. The maximum Gasteiger partial charge on any atom is 0.310 e. The van der Waals surface area contributed by atoms with Crippen LogP contribution < -0.4 is 0 Å². The third-order valence-corrected chi connectivity index (χ3v) is 2.72. The molecule has 0 amide bonds. The highest BCUT2D eigenvalue weighted by Crippen LogP contribution is 2.22. The zero-order valence-electron chi connectivity index (χ0n) is 10.7. The predicted molar refractivity (Wildman–Crippen MR) is 66.3 cm³/mol. The maximum absolute atomic E-state index is 12.0. The van der Waals surface area contributed by atoms with Crippen molar-refractivity contribution in [2.24, 2.45) is 5.41 Å². The van der Waals surface area contributed by atoms with Gasteiger partial charge in [0, 0.05) is 11.0 Å². The summed E-state index contributed by atoms with van der Waals surface area (Å²) in [5.74, 6) is -1.35. The van der Waals surface area contributed by atoms with Crippen LogP contribution in [0.3, 0.4) is 0 Å². The highest BCUT2D eigenvalue weighted by Gasteiger charge is 2.23. The van der Waals surface area contributed by atoms with Gasteiger partial charge >= 0.3 is 5.97 Å². The van der Waals surface area contributed by atoms with Crippen LogP contribution in [-0.2, 0) is 4.79 Å². The van der Waals surface area contributed by atoms with Crippen molar-refractivity contribution in [2.45, 2.75) is 33.6 Å². The average Bonchev–Trinajstić information content (AvgIpc) is 2.26. The first-order valence-corrected chi connectivity index (χ1v) is 5.61. The van der Waals surface area contributed by atoms with E-state index < -0.39 is 17.3 Å². The predicted octanol–water partition coefficient (Wildman–Crippen LogP) is 3.10. The van der Waals surface area contributed by atoms with E-state index in [-0.39, 0.29) is 5.78 Å². The molecule has 3 nitrogen and oxygen atoms in total. The minimum atomic E-state index is -0.861. The van der Waals surface area contributed by atoms with Crippen molar-refractivity contribution in [3.8, 4) is 0 Å². The van der Waals surface area contributed by atoms with Gasteiger partial charge in [-0.15, -0.1) is 0 Å². The number of rotatable bonds is 3. The average molecular weight is 234 g/mol. The van der Waals surface area contributed by atoms with E-state index in [9.17, 15) is 9.59 Å². The molecule has 0 radical (unpaired) electrons. The first kappa shape index (κ1) is 13.4. The summed E-state index contributed by atoms with van der Waals surface area (Å²) in [6, 6.07) is 6.81. The van der Waals surface area contributed by atoms with Crippen molar-refractivity contribution in [1.29, 1.82) is 0 Å². The Morgan fingerprint density at radius 2 is 1.59 bits per heavy atom. The first-order chi connectivity index (χ1) is 7.73. The molecule has 0 spiro atoms. The molecule has 0 heterocycles. The van der Waals surface area contributed by atoms with Gasteiger partial charge in [-0.2, -0.15) is 0 Å². The number of carboxylic acids is 1. The highest BCUT2D eigenvalue weighted by atomic mass is 16.4. The quantitative estimate of drug-likeness (QED) is 0.817. The summed E-state index contributed by atoms with van der Waals surface area (Å²) < 4.78 is 0. The van der Waals surface area contributed by atoms with Crippen molar-refractivity contribution < 1.29 is 14.7 Å². The number of ketones is 1. The van der Waals surface area contributed by atoms with Crippen LogP contribution in [0.4, 0.5) is 0 Å². The van der Waals surface area contributed by atoms with Gasteiger partial charge in [-0.1, -0.05) is 45.0 Å². The summed E-state index contributed by atoms with van der Waals surface area (Å²) in [6.45, 7) is 7.22. The Labute approximate surface area is 101 Å². The van der Waals surface area contributed by atoms with Crippen molar-refractivity contribution in [2.75, 3.05) is 0 Å². The van der Waals surface area contributed by atoms with Gasteiger partial charge in [0.25, 0.3) is 0 Å². The van der Waals surface area contributed by atoms with E-state index in [1.165, 1.54) is 0 Å². The highest BCUT2D eigenvalue weighted by molar-refractivity contribution is 5.99.